The molecule has 24 heavy (non-hydrogen) atoms. The van der Waals surface area contributed by atoms with Crippen LogP contribution in [-0.2, 0) is 16.1 Å². The largest absolute Gasteiger partial charge is 0.358 e. The highest BCUT2D eigenvalue weighted by atomic mass is 16.2. The second-order valence-corrected chi connectivity index (χ2v) is 6.98. The maximum Gasteiger partial charge on any atom is 0.233 e. The van der Waals surface area contributed by atoms with Gasteiger partial charge in [0.15, 0.2) is 0 Å². The maximum absolute atomic E-state index is 12.3. The highest BCUT2D eigenvalue weighted by molar-refractivity contribution is 5.78. The molecule has 2 rings (SSSR count). The van der Waals surface area contributed by atoms with Gasteiger partial charge in [-0.15, -0.1) is 0 Å². The Morgan fingerprint density at radius 2 is 2.08 bits per heavy atom. The number of aryl methyl sites for hydroxylation is 2. The topological polar surface area (TPSA) is 79.3 Å². The van der Waals surface area contributed by atoms with Gasteiger partial charge in [-0.1, -0.05) is 13.8 Å². The first-order valence-electron chi connectivity index (χ1n) is 8.60. The average molecular weight is 335 g/mol. The van der Waals surface area contributed by atoms with Crippen molar-refractivity contribution in [1.82, 2.24) is 25.3 Å². The van der Waals surface area contributed by atoms with Crippen LogP contribution in [-0.4, -0.2) is 59.2 Å². The first-order valence-corrected chi connectivity index (χ1v) is 8.60. The number of nitrogens with zero attached hydrogens (tertiary/aromatic N) is 3. The number of hydrogen-bond donors (Lipinski definition) is 2. The summed E-state index contributed by atoms with van der Waals surface area (Å²) < 4.78 is 1.79. The molecule has 7 nitrogen and oxygen atoms in total. The zero-order chi connectivity index (χ0) is 17.7. The van der Waals surface area contributed by atoms with Gasteiger partial charge in [0.2, 0.25) is 11.8 Å². The summed E-state index contributed by atoms with van der Waals surface area (Å²) in [5.74, 6) is 0.878. The quantitative estimate of drug-likeness (QED) is 0.756. The zero-order valence-corrected chi connectivity index (χ0v) is 15.1. The monoisotopic (exact) mass is 335 g/mol. The van der Waals surface area contributed by atoms with Crippen LogP contribution < -0.4 is 10.6 Å². The molecule has 0 spiro atoms. The minimum atomic E-state index is 0.0125. The smallest absolute Gasteiger partial charge is 0.233 e. The fraction of sp³-hybridized carbons (Fsp3) is 0.706. The van der Waals surface area contributed by atoms with E-state index in [1.165, 1.54) is 0 Å². The summed E-state index contributed by atoms with van der Waals surface area (Å²) in [6.07, 6.45) is 4.14. The minimum Gasteiger partial charge on any atom is -0.358 e. The van der Waals surface area contributed by atoms with Crippen molar-refractivity contribution in [2.24, 2.45) is 11.8 Å². The molecule has 1 saturated heterocycles. The van der Waals surface area contributed by atoms with Gasteiger partial charge in [0.05, 0.1) is 12.7 Å². The number of rotatable bonds is 7. The van der Waals surface area contributed by atoms with E-state index in [4.69, 9.17) is 0 Å². The number of hydrogen-bond acceptors (Lipinski definition) is 4. The first kappa shape index (κ1) is 18.4. The van der Waals surface area contributed by atoms with Crippen LogP contribution in [0.4, 0.5) is 0 Å². The predicted molar refractivity (Wildman–Crippen MR) is 92.3 cm³/mol. The molecular weight excluding hydrogens is 306 g/mol. The Morgan fingerprint density at radius 1 is 1.33 bits per heavy atom. The van der Waals surface area contributed by atoms with E-state index >= 15 is 0 Å². The van der Waals surface area contributed by atoms with Crippen LogP contribution in [0.3, 0.4) is 0 Å². The van der Waals surface area contributed by atoms with Crippen molar-refractivity contribution in [3.63, 3.8) is 0 Å². The summed E-state index contributed by atoms with van der Waals surface area (Å²) in [7, 11) is 1.65. The Bertz CT molecular complexity index is 569. The Labute approximate surface area is 143 Å². The van der Waals surface area contributed by atoms with Crippen molar-refractivity contribution in [3.05, 3.63) is 18.0 Å². The summed E-state index contributed by atoms with van der Waals surface area (Å²) in [6.45, 7) is 8.85. The zero-order valence-electron chi connectivity index (χ0n) is 15.1. The van der Waals surface area contributed by atoms with E-state index in [9.17, 15) is 9.59 Å². The molecule has 1 aromatic rings. The van der Waals surface area contributed by atoms with Crippen molar-refractivity contribution < 1.29 is 9.59 Å². The minimum absolute atomic E-state index is 0.0125. The van der Waals surface area contributed by atoms with Crippen molar-refractivity contribution in [2.75, 3.05) is 26.7 Å². The number of carbonyl (C=O) groups is 2. The lowest BCUT2D eigenvalue weighted by Gasteiger charge is -2.23. The Balaban J connectivity index is 1.86. The van der Waals surface area contributed by atoms with Gasteiger partial charge in [-0.05, 0) is 24.3 Å². The van der Waals surface area contributed by atoms with E-state index in [0.717, 1.165) is 18.7 Å². The molecule has 0 radical (unpaired) electrons. The van der Waals surface area contributed by atoms with Gasteiger partial charge >= 0.3 is 0 Å². The molecule has 0 aromatic carbocycles. The van der Waals surface area contributed by atoms with Crippen molar-refractivity contribution in [3.8, 4) is 0 Å². The van der Waals surface area contributed by atoms with E-state index in [1.807, 2.05) is 13.1 Å². The molecule has 2 heterocycles. The van der Waals surface area contributed by atoms with Gasteiger partial charge in [-0.2, -0.15) is 5.10 Å². The molecule has 2 amide bonds. The van der Waals surface area contributed by atoms with E-state index in [0.29, 0.717) is 31.3 Å². The van der Waals surface area contributed by atoms with Gasteiger partial charge in [0.25, 0.3) is 0 Å². The van der Waals surface area contributed by atoms with Gasteiger partial charge in [-0.25, -0.2) is 0 Å². The normalized spacial score (nSPS) is 21.2. The third-order valence-corrected chi connectivity index (χ3v) is 4.62. The van der Waals surface area contributed by atoms with E-state index in [-0.39, 0.29) is 17.9 Å². The molecule has 1 aliphatic heterocycles. The lowest BCUT2D eigenvalue weighted by molar-refractivity contribution is -0.122. The van der Waals surface area contributed by atoms with Crippen LogP contribution in [0.1, 0.15) is 25.8 Å². The molecule has 7 heteroatoms. The second kappa shape index (κ2) is 8.28. The molecule has 1 fully saturated rings. The number of carbonyl (C=O) groups excluding carboxylic acids is 2. The molecule has 2 N–H and O–H groups in total. The van der Waals surface area contributed by atoms with Gasteiger partial charge < -0.3 is 10.6 Å². The number of likely N-dealkylation sites (tertiary alicyclic amines) is 1. The van der Waals surface area contributed by atoms with Crippen LogP contribution in [0.2, 0.25) is 0 Å². The summed E-state index contributed by atoms with van der Waals surface area (Å²) in [6, 6.07) is 0.0986. The summed E-state index contributed by atoms with van der Waals surface area (Å²) in [5, 5.41) is 10.0. The molecule has 0 aliphatic carbocycles. The summed E-state index contributed by atoms with van der Waals surface area (Å²) in [5.41, 5.74) is 1.09. The fourth-order valence-corrected chi connectivity index (χ4v) is 3.24. The van der Waals surface area contributed by atoms with Crippen molar-refractivity contribution >= 4 is 11.8 Å². The Hall–Kier alpha value is -1.89. The third-order valence-electron chi connectivity index (χ3n) is 4.62. The standard InChI is InChI=1S/C17H29N5O2/c1-12(2)14-9-21(11-17(24)18-4)10-15(14)20-16(23)5-6-22-8-13(3)7-19-22/h7-8,12,14-15H,5-6,9-11H2,1-4H3,(H,18,24)(H,20,23)/t14-,15+/m0/s1. The molecular formula is C17H29N5O2. The number of aromatic nitrogens is 2. The van der Waals surface area contributed by atoms with Crippen LogP contribution in [0.15, 0.2) is 12.4 Å². The number of amides is 2. The lowest BCUT2D eigenvalue weighted by atomic mass is 9.91. The van der Waals surface area contributed by atoms with E-state index < -0.39 is 0 Å². The van der Waals surface area contributed by atoms with Crippen LogP contribution in [0.25, 0.3) is 0 Å². The molecule has 2 atom stereocenters. The molecule has 134 valence electrons. The van der Waals surface area contributed by atoms with Crippen LogP contribution in [0, 0.1) is 18.8 Å². The lowest BCUT2D eigenvalue weighted by Crippen LogP contribution is -2.42. The fourth-order valence-electron chi connectivity index (χ4n) is 3.24. The van der Waals surface area contributed by atoms with Gasteiger partial charge in [0, 0.05) is 45.3 Å². The summed E-state index contributed by atoms with van der Waals surface area (Å²) >= 11 is 0. The van der Waals surface area contributed by atoms with E-state index in [1.54, 1.807) is 17.9 Å². The van der Waals surface area contributed by atoms with Crippen LogP contribution in [0.5, 0.6) is 0 Å². The SMILES string of the molecule is CNC(=O)CN1C[C@@H](NC(=O)CCn2cc(C)cn2)[C@H](C(C)C)C1. The Kier molecular flexibility index (Phi) is 6.36. The highest BCUT2D eigenvalue weighted by Gasteiger charge is 2.35. The highest BCUT2D eigenvalue weighted by Crippen LogP contribution is 2.24. The van der Waals surface area contributed by atoms with Gasteiger partial charge in [-0.3, -0.25) is 19.2 Å². The molecule has 0 unspecified atom stereocenters. The number of likely N-dealkylation sites (N-methyl/N-ethyl adjacent to an activating group) is 1. The Morgan fingerprint density at radius 3 is 2.67 bits per heavy atom. The van der Waals surface area contributed by atoms with E-state index in [2.05, 4.69) is 34.5 Å². The summed E-state index contributed by atoms with van der Waals surface area (Å²) in [4.78, 5) is 26.0. The molecule has 1 aromatic heterocycles. The second-order valence-electron chi connectivity index (χ2n) is 6.98. The van der Waals surface area contributed by atoms with Gasteiger partial charge in [0.1, 0.15) is 0 Å². The van der Waals surface area contributed by atoms with Crippen molar-refractivity contribution in [1.29, 1.82) is 0 Å². The predicted octanol–water partition coefficient (Wildman–Crippen LogP) is 0.400. The number of nitrogens with one attached hydrogen (secondary N) is 2. The molecule has 0 saturated carbocycles. The molecule has 1 aliphatic rings. The maximum atomic E-state index is 12.3. The first-order chi connectivity index (χ1) is 11.4. The molecule has 0 bridgehead atoms. The van der Waals surface area contributed by atoms with Crippen LogP contribution >= 0.6 is 0 Å². The van der Waals surface area contributed by atoms with Crippen molar-refractivity contribution in [2.45, 2.75) is 39.8 Å². The third kappa shape index (κ3) is 5.06. The average Bonchev–Trinajstić information content (AvgIpc) is 3.11.